The van der Waals surface area contributed by atoms with E-state index in [1.165, 1.54) is 160 Å². The summed E-state index contributed by atoms with van der Waals surface area (Å²) < 4.78 is 0. The molecule has 0 fully saturated rings. The van der Waals surface area contributed by atoms with E-state index in [2.05, 4.69) is 380 Å². The van der Waals surface area contributed by atoms with Crippen molar-refractivity contribution in [3.63, 3.8) is 0 Å². The second kappa shape index (κ2) is 27.1. The lowest BCUT2D eigenvalue weighted by Crippen LogP contribution is -2.76. The van der Waals surface area contributed by atoms with Crippen LogP contribution >= 0.6 is 0 Å². The van der Waals surface area contributed by atoms with Crippen LogP contribution in [0.1, 0.15) is 202 Å². The molecule has 1 nitrogen and oxygen atoms in total. The molecule has 15 rings (SSSR count). The van der Waals surface area contributed by atoms with E-state index in [1.807, 2.05) is 0 Å². The van der Waals surface area contributed by atoms with E-state index in [0.717, 1.165) is 0 Å². The topological polar surface area (TPSA) is 3.24 Å². The molecule has 0 amide bonds. The minimum absolute atomic E-state index is 0.00723. The van der Waals surface area contributed by atoms with Gasteiger partial charge in [-0.25, -0.2) is 0 Å². The van der Waals surface area contributed by atoms with Crippen LogP contribution in [-0.4, -0.2) is 22.2 Å². The van der Waals surface area contributed by atoms with Gasteiger partial charge in [-0.1, -0.05) is 377 Å². The van der Waals surface area contributed by atoms with Gasteiger partial charge in [0.05, 0.1) is 16.8 Å². The number of rotatable bonds is 16. The van der Waals surface area contributed by atoms with Crippen LogP contribution in [0.2, 0.25) is 0 Å². The van der Waals surface area contributed by atoms with Crippen LogP contribution in [0.25, 0.3) is 21.5 Å². The summed E-state index contributed by atoms with van der Waals surface area (Å²) in [6, 6.07) is 111. The molecule has 12 aromatic carbocycles. The first-order valence-electron chi connectivity index (χ1n) is 37.0. The summed E-state index contributed by atoms with van der Waals surface area (Å²) in [6.45, 7) is 31.2. The second-order valence-electron chi connectivity index (χ2n) is 30.5. The van der Waals surface area contributed by atoms with Crippen LogP contribution < -0.4 is 42.9 Å². The lowest BCUT2D eigenvalue weighted by molar-refractivity contribution is 0.729. The summed E-state index contributed by atoms with van der Waals surface area (Å²) >= 11 is 0. The minimum Gasteiger partial charge on any atom is -0.310 e. The van der Waals surface area contributed by atoms with Crippen molar-refractivity contribution in [2.45, 2.75) is 131 Å². The van der Waals surface area contributed by atoms with Crippen molar-refractivity contribution in [3.8, 4) is 0 Å². The van der Waals surface area contributed by atoms with E-state index in [9.17, 15) is 0 Å². The second-order valence-corrected chi connectivity index (χ2v) is 33.1. The molecule has 0 radical (unpaired) electrons. The van der Waals surface area contributed by atoms with Gasteiger partial charge in [0.25, 0.3) is 0 Å². The zero-order chi connectivity index (χ0) is 69.3. The maximum atomic E-state index is 2.68. The molecule has 3 aliphatic heterocycles. The Labute approximate surface area is 599 Å². The first kappa shape index (κ1) is 66.2. The highest BCUT2D eigenvalue weighted by atomic mass is 28.3. The first-order chi connectivity index (χ1) is 48.6. The van der Waals surface area contributed by atoms with E-state index >= 15 is 0 Å². The van der Waals surface area contributed by atoms with Crippen molar-refractivity contribution in [1.82, 2.24) is 0 Å². The lowest BCUT2D eigenvalue weighted by atomic mass is 9.20. The van der Waals surface area contributed by atoms with Crippen LogP contribution in [0.15, 0.2) is 285 Å². The number of allylic oxidation sites excluding steroid dienone is 2. The maximum Gasteiger partial charge on any atom is 0.240 e. The number of aryl methyl sites for hydroxylation is 1. The predicted octanol–water partition coefficient (Wildman–Crippen LogP) is 20.0. The molecule has 492 valence electrons. The van der Waals surface area contributed by atoms with Crippen LogP contribution in [0, 0.1) is 6.92 Å². The number of fused-ring (bicyclic) bond motifs is 4. The van der Waals surface area contributed by atoms with Crippen molar-refractivity contribution in [2.24, 2.45) is 0 Å². The smallest absolute Gasteiger partial charge is 0.240 e. The molecule has 0 saturated heterocycles. The van der Waals surface area contributed by atoms with E-state index in [0.29, 0.717) is 35.5 Å². The van der Waals surface area contributed by atoms with Crippen molar-refractivity contribution in [2.75, 3.05) is 4.90 Å². The largest absolute Gasteiger partial charge is 0.310 e. The fourth-order valence-corrected chi connectivity index (χ4v) is 22.0. The number of para-hydroxylation sites is 2. The molecular weight excluding hydrogens is 1220 g/mol. The molecule has 0 saturated carbocycles. The monoisotopic (exact) mass is 1310 g/mol. The Kier molecular flexibility index (Phi) is 17.9. The van der Waals surface area contributed by atoms with Crippen molar-refractivity contribution in [1.29, 1.82) is 0 Å². The number of hydrogen-bond donors (Lipinski definition) is 0. The van der Waals surface area contributed by atoms with Gasteiger partial charge >= 0.3 is 0 Å². The zero-order valence-electron chi connectivity index (χ0n) is 60.8. The molecule has 0 atom stereocenters. The number of benzene rings is 12. The van der Waals surface area contributed by atoms with Gasteiger partial charge in [0.15, 0.2) is 0 Å². The van der Waals surface area contributed by atoms with Gasteiger partial charge in [-0.05, 0) is 177 Å². The average molecular weight is 1310 g/mol. The summed E-state index contributed by atoms with van der Waals surface area (Å²) in [5.41, 5.74) is 34.1. The Hall–Kier alpha value is -9.73. The van der Waals surface area contributed by atoms with E-state index in [-0.39, 0.29) is 13.4 Å². The van der Waals surface area contributed by atoms with Crippen LogP contribution in [-0.2, 0) is 5.41 Å². The molecule has 3 aliphatic rings. The number of hydrogen-bond acceptors (Lipinski definition) is 1. The molecular formula is C96H93B2NSi. The van der Waals surface area contributed by atoms with Gasteiger partial charge in [0.1, 0.15) is 8.80 Å². The van der Waals surface area contributed by atoms with E-state index in [4.69, 9.17) is 0 Å². The summed E-state index contributed by atoms with van der Waals surface area (Å²) in [4.78, 5) is 2.67. The molecule has 0 unspecified atom stereocenters. The minimum atomic E-state index is -2.60. The molecule has 0 N–H and O–H groups in total. The molecule has 100 heavy (non-hydrogen) atoms. The fraction of sp³-hybridized carbons (Fsp3) is 0.208. The highest BCUT2D eigenvalue weighted by Gasteiger charge is 2.51. The third-order valence-corrected chi connectivity index (χ3v) is 26.0. The summed E-state index contributed by atoms with van der Waals surface area (Å²) in [7, 11) is -2.60. The van der Waals surface area contributed by atoms with Gasteiger partial charge in [0.2, 0.25) is 13.4 Å². The third-order valence-electron chi connectivity index (χ3n) is 22.5. The van der Waals surface area contributed by atoms with Crippen molar-refractivity contribution in [3.05, 3.63) is 369 Å². The zero-order valence-corrected chi connectivity index (χ0v) is 61.9. The molecule has 0 spiro atoms. The van der Waals surface area contributed by atoms with Crippen LogP contribution in [0.3, 0.4) is 0 Å². The molecule has 0 aromatic heterocycles. The van der Waals surface area contributed by atoms with Gasteiger partial charge in [-0.3, -0.25) is 0 Å². The SMILES string of the molecule is Cc1ccccc1C1(c2ccccc2[SiH]2C(c3ccccc3)=C(c3ccccc3)C(c3ccccc3)=C2c2ccccc2)c2ccccc2N(c2ccc3c(c2)B(c2c(C(C)C)cc(C(C)C)cc2C(C)C)c2ccccc2B3c2c(C(C)C)cc(C(C)C)cc2C(C)C)c2ccccc21. The lowest BCUT2D eigenvalue weighted by Gasteiger charge is -2.48. The Morgan fingerprint density at radius 1 is 0.300 bits per heavy atom. The van der Waals surface area contributed by atoms with Gasteiger partial charge in [0, 0.05) is 5.69 Å². The Bertz CT molecular complexity index is 4910. The van der Waals surface area contributed by atoms with Crippen LogP contribution in [0.4, 0.5) is 17.1 Å². The van der Waals surface area contributed by atoms with E-state index in [1.54, 1.807) is 0 Å². The van der Waals surface area contributed by atoms with Gasteiger partial charge < -0.3 is 4.90 Å². The number of nitrogens with zero attached hydrogens (tertiary/aromatic N) is 1. The molecule has 3 heterocycles. The summed E-state index contributed by atoms with van der Waals surface area (Å²) in [6.07, 6.45) is 0. The molecule has 0 aliphatic carbocycles. The van der Waals surface area contributed by atoms with Crippen molar-refractivity contribution >= 4 is 98.8 Å². The maximum absolute atomic E-state index is 2.68. The predicted molar refractivity (Wildman–Crippen MR) is 437 cm³/mol. The number of anilines is 3. The first-order valence-corrected chi connectivity index (χ1v) is 38.7. The fourth-order valence-electron chi connectivity index (χ4n) is 17.9. The van der Waals surface area contributed by atoms with Crippen LogP contribution in [0.5, 0.6) is 0 Å². The Morgan fingerprint density at radius 3 is 1.05 bits per heavy atom. The molecule has 12 aromatic rings. The highest BCUT2D eigenvalue weighted by molar-refractivity contribution is 7.12. The Balaban J connectivity index is 1.04. The van der Waals surface area contributed by atoms with Gasteiger partial charge in [-0.15, -0.1) is 0 Å². The van der Waals surface area contributed by atoms with Crippen molar-refractivity contribution < 1.29 is 0 Å². The van der Waals surface area contributed by atoms with Gasteiger partial charge in [-0.2, -0.15) is 0 Å². The standard InChI is InChI=1S/C96H93B2NSi/c1-61(2)72-56-75(63(5)6)92(76(57-72)64(7)8)97-83-49-31-32-50-84(83)98(93-77(65(9)10)58-73(62(3)4)59-78(93)66(11)12)86-60-74(54-55-85(86)97)99-87-51-33-28-46-80(87)96(79-45-27-26-36-67(79)13,81-47-29-34-52-88(81)99)82-48-30-35-53-89(82)100-94(70-41-22-16-23-42-70)90(68-37-18-14-19-38-68)91(69-39-20-15-21-40-69)95(100)71-43-24-17-25-44-71/h14-66,100H,1-13H3. The van der Waals surface area contributed by atoms with E-state index < -0.39 is 14.2 Å². The average Bonchev–Trinajstić information content (AvgIpc) is 0.884. The third kappa shape index (κ3) is 11.1. The molecule has 4 heteroatoms. The summed E-state index contributed by atoms with van der Waals surface area (Å²) in [5.74, 6) is 2.03. The summed E-state index contributed by atoms with van der Waals surface area (Å²) in [5, 5.41) is 4.29. The molecule has 0 bridgehead atoms. The Morgan fingerprint density at radius 2 is 0.640 bits per heavy atom. The quantitative estimate of drug-likeness (QED) is 0.0872. The highest BCUT2D eigenvalue weighted by Crippen LogP contribution is 2.59. The normalized spacial score (nSPS) is 14.3.